The van der Waals surface area contributed by atoms with Gasteiger partial charge in [0.1, 0.15) is 24.6 Å². The average Bonchev–Trinajstić information content (AvgIpc) is 3.23. The standard InChI is InChI=1S/C19H23N5O5/c1-10-4-3-5-12(6-10)8-28-24-11(2)22-18-14(17(24)20)21-9-23(18)19-16(27)15(26)13(7-25)29-19/h3-6,9,13,15-16,19-20,25-27H,7-8H2,1-2H3/p+1/t13-,15-,16-,19-/m1/s1. The van der Waals surface area contributed by atoms with Crippen LogP contribution in [-0.4, -0.2) is 54.8 Å². The number of aryl methyl sites for hydroxylation is 2. The Morgan fingerprint density at radius 3 is 2.76 bits per heavy atom. The first kappa shape index (κ1) is 19.5. The molecule has 1 aromatic carbocycles. The van der Waals surface area contributed by atoms with Crippen LogP contribution in [0.3, 0.4) is 0 Å². The Morgan fingerprint density at radius 1 is 1.28 bits per heavy atom. The summed E-state index contributed by atoms with van der Waals surface area (Å²) < 4.78 is 8.48. The lowest BCUT2D eigenvalue weighted by Crippen LogP contribution is -2.48. The summed E-state index contributed by atoms with van der Waals surface area (Å²) in [5.41, 5.74) is 9.15. The van der Waals surface area contributed by atoms with E-state index in [0.29, 0.717) is 23.6 Å². The maximum absolute atomic E-state index is 10.3. The number of anilines is 1. The number of benzene rings is 1. The van der Waals surface area contributed by atoms with Gasteiger partial charge in [-0.25, -0.2) is 4.98 Å². The summed E-state index contributed by atoms with van der Waals surface area (Å²) in [6.07, 6.45) is -2.86. The van der Waals surface area contributed by atoms with Crippen molar-refractivity contribution in [3.8, 4) is 0 Å². The van der Waals surface area contributed by atoms with Crippen LogP contribution in [0.2, 0.25) is 0 Å². The molecule has 0 saturated carbocycles. The van der Waals surface area contributed by atoms with Crippen molar-refractivity contribution in [3.63, 3.8) is 0 Å². The molecule has 0 radical (unpaired) electrons. The van der Waals surface area contributed by atoms with Crippen molar-refractivity contribution >= 4 is 17.0 Å². The number of nitrogen functional groups attached to an aromatic ring is 1. The second-order valence-electron chi connectivity index (χ2n) is 7.15. The zero-order valence-electron chi connectivity index (χ0n) is 16.1. The van der Waals surface area contributed by atoms with Gasteiger partial charge in [-0.05, 0) is 12.5 Å². The lowest BCUT2D eigenvalue weighted by Gasteiger charge is -2.16. The quantitative estimate of drug-likeness (QED) is 0.405. The van der Waals surface area contributed by atoms with Gasteiger partial charge in [0.05, 0.1) is 6.61 Å². The number of imidazole rings is 1. The third-order valence-corrected chi connectivity index (χ3v) is 5.02. The topological polar surface area (TPSA) is 140 Å². The lowest BCUT2D eigenvalue weighted by molar-refractivity contribution is -0.889. The summed E-state index contributed by atoms with van der Waals surface area (Å²) in [5.74, 6) is 0.738. The molecule has 1 aliphatic rings. The second kappa shape index (κ2) is 7.56. The fourth-order valence-electron chi connectivity index (χ4n) is 3.52. The normalized spacial score (nSPS) is 24.3. The predicted octanol–water partition coefficient (Wildman–Crippen LogP) is -0.842. The van der Waals surface area contributed by atoms with Gasteiger partial charge in [0.2, 0.25) is 11.2 Å². The van der Waals surface area contributed by atoms with Gasteiger partial charge in [-0.15, -0.1) is 0 Å². The fourth-order valence-corrected chi connectivity index (χ4v) is 3.52. The van der Waals surface area contributed by atoms with Gasteiger partial charge in [-0.3, -0.25) is 4.57 Å². The van der Waals surface area contributed by atoms with Crippen LogP contribution in [0, 0.1) is 13.8 Å². The Hall–Kier alpha value is -2.79. The summed E-state index contributed by atoms with van der Waals surface area (Å²) in [6, 6.07) is 7.95. The van der Waals surface area contributed by atoms with Gasteiger partial charge in [0.15, 0.2) is 12.8 Å². The highest BCUT2D eigenvalue weighted by molar-refractivity contribution is 5.79. The molecule has 1 aliphatic heterocycles. The van der Waals surface area contributed by atoms with E-state index in [2.05, 4.69) is 9.97 Å². The van der Waals surface area contributed by atoms with E-state index in [1.54, 1.807) is 6.92 Å². The van der Waals surface area contributed by atoms with E-state index in [0.717, 1.165) is 11.1 Å². The molecule has 4 rings (SSSR count). The van der Waals surface area contributed by atoms with Crippen molar-refractivity contribution < 1.29 is 29.6 Å². The number of nitrogens with zero attached hydrogens (tertiary/aromatic N) is 4. The first-order valence-corrected chi connectivity index (χ1v) is 9.26. The molecule has 5 N–H and O–H groups in total. The zero-order valence-corrected chi connectivity index (χ0v) is 16.1. The highest BCUT2D eigenvalue weighted by Gasteiger charge is 2.44. The average molecular weight is 402 g/mol. The van der Waals surface area contributed by atoms with E-state index in [9.17, 15) is 15.3 Å². The van der Waals surface area contributed by atoms with E-state index in [1.807, 2.05) is 31.2 Å². The SMILES string of the molecule is Cc1cccc(CO[n+]2c(C)nc3c(ncn3[C@@H]3O[C@H](CO)[C@@H](O)[C@H]3O)c2N)c1. The second-order valence-corrected chi connectivity index (χ2v) is 7.15. The van der Waals surface area contributed by atoms with Crippen molar-refractivity contribution in [3.05, 3.63) is 47.5 Å². The van der Waals surface area contributed by atoms with E-state index in [-0.39, 0.29) is 5.82 Å². The fraction of sp³-hybridized carbons (Fsp3) is 0.421. The molecule has 3 heterocycles. The molecule has 0 aliphatic carbocycles. The minimum absolute atomic E-state index is 0.255. The highest BCUT2D eigenvalue weighted by Crippen LogP contribution is 2.31. The van der Waals surface area contributed by atoms with Gasteiger partial charge >= 0.3 is 0 Å². The number of rotatable bonds is 5. The van der Waals surface area contributed by atoms with E-state index in [1.165, 1.54) is 15.6 Å². The number of ether oxygens (including phenoxy) is 1. The summed E-state index contributed by atoms with van der Waals surface area (Å²) in [4.78, 5) is 14.6. The summed E-state index contributed by atoms with van der Waals surface area (Å²) in [5, 5.41) is 29.6. The number of fused-ring (bicyclic) bond motifs is 1. The van der Waals surface area contributed by atoms with E-state index in [4.69, 9.17) is 15.3 Å². The van der Waals surface area contributed by atoms with Crippen molar-refractivity contribution in [1.82, 2.24) is 14.5 Å². The molecule has 1 fully saturated rings. The van der Waals surface area contributed by atoms with Crippen LogP contribution in [0.5, 0.6) is 0 Å². The number of hydrogen-bond donors (Lipinski definition) is 4. The van der Waals surface area contributed by atoms with E-state index < -0.39 is 31.1 Å². The largest absolute Gasteiger partial charge is 0.394 e. The monoisotopic (exact) mass is 402 g/mol. The van der Waals surface area contributed by atoms with Crippen LogP contribution in [-0.2, 0) is 11.3 Å². The number of aliphatic hydroxyl groups excluding tert-OH is 3. The number of aliphatic hydroxyl groups is 3. The van der Waals surface area contributed by atoms with Crippen molar-refractivity contribution in [1.29, 1.82) is 0 Å². The first-order chi connectivity index (χ1) is 13.9. The van der Waals surface area contributed by atoms with Crippen LogP contribution in [0.25, 0.3) is 11.2 Å². The molecule has 0 bridgehead atoms. The van der Waals surface area contributed by atoms with Gasteiger partial charge in [0.25, 0.3) is 11.6 Å². The molecule has 0 spiro atoms. The predicted molar refractivity (Wildman–Crippen MR) is 101 cm³/mol. The molecule has 0 amide bonds. The molecule has 29 heavy (non-hydrogen) atoms. The highest BCUT2D eigenvalue weighted by atomic mass is 16.7. The Labute approximate surface area is 166 Å². The molecule has 3 aromatic rings. The van der Waals surface area contributed by atoms with Crippen LogP contribution < -0.4 is 15.3 Å². The van der Waals surface area contributed by atoms with Crippen LogP contribution in [0.1, 0.15) is 23.2 Å². The number of hydrogen-bond acceptors (Lipinski definition) is 8. The van der Waals surface area contributed by atoms with Gasteiger partial charge in [0, 0.05) is 6.92 Å². The van der Waals surface area contributed by atoms with Crippen molar-refractivity contribution in [2.24, 2.45) is 0 Å². The maximum atomic E-state index is 10.3. The summed E-state index contributed by atoms with van der Waals surface area (Å²) >= 11 is 0. The minimum Gasteiger partial charge on any atom is -0.394 e. The third-order valence-electron chi connectivity index (χ3n) is 5.02. The Balaban J connectivity index is 1.65. The third kappa shape index (κ3) is 3.40. The van der Waals surface area contributed by atoms with Gasteiger partial charge < -0.3 is 30.6 Å². The Bertz CT molecular complexity index is 1040. The van der Waals surface area contributed by atoms with E-state index >= 15 is 0 Å². The summed E-state index contributed by atoms with van der Waals surface area (Å²) in [7, 11) is 0. The molecule has 10 heteroatoms. The van der Waals surface area contributed by atoms with Crippen LogP contribution in [0.15, 0.2) is 30.6 Å². The number of aromatic nitrogens is 4. The molecule has 0 unspecified atom stereocenters. The minimum atomic E-state index is -1.24. The molecule has 10 nitrogen and oxygen atoms in total. The van der Waals surface area contributed by atoms with Crippen molar-refractivity contribution in [2.75, 3.05) is 12.3 Å². The zero-order chi connectivity index (χ0) is 20.7. The number of nitrogens with two attached hydrogens (primary N) is 1. The molecular formula is C19H24N5O5+. The van der Waals surface area contributed by atoms with Crippen molar-refractivity contribution in [2.45, 2.75) is 45.0 Å². The molecule has 154 valence electrons. The maximum Gasteiger partial charge on any atom is 0.289 e. The van der Waals surface area contributed by atoms with Crippen LogP contribution in [0.4, 0.5) is 5.82 Å². The van der Waals surface area contributed by atoms with Gasteiger partial charge in [-0.2, -0.15) is 0 Å². The molecular weight excluding hydrogens is 378 g/mol. The summed E-state index contributed by atoms with van der Waals surface area (Å²) in [6.45, 7) is 3.64. The van der Waals surface area contributed by atoms with Crippen LogP contribution >= 0.6 is 0 Å². The molecule has 4 atom stereocenters. The molecule has 1 saturated heterocycles. The van der Waals surface area contributed by atoms with Gasteiger partial charge in [-0.1, -0.05) is 39.5 Å². The molecule has 2 aromatic heterocycles. The smallest absolute Gasteiger partial charge is 0.289 e. The lowest BCUT2D eigenvalue weighted by atomic mass is 10.1. The Morgan fingerprint density at radius 2 is 2.07 bits per heavy atom. The Kier molecular flexibility index (Phi) is 5.09. The first-order valence-electron chi connectivity index (χ1n) is 9.26.